The molecule has 2 amide bonds. The highest BCUT2D eigenvalue weighted by Gasteiger charge is 2.29. The molecule has 5 rings (SSSR count). The molecule has 3 aromatic rings. The first-order valence-corrected chi connectivity index (χ1v) is 15.3. The van der Waals surface area contributed by atoms with Crippen LogP contribution in [0.4, 0.5) is 4.39 Å². The minimum absolute atomic E-state index is 0.00937. The number of carbonyl (C=O) groups is 2. The summed E-state index contributed by atoms with van der Waals surface area (Å²) in [6.45, 7) is 10.7. The first kappa shape index (κ1) is 30.2. The number of piperidine rings is 1. The molecule has 0 bridgehead atoms. The molecule has 2 aliphatic rings. The fourth-order valence-electron chi connectivity index (χ4n) is 6.67. The van der Waals surface area contributed by atoms with E-state index in [0.717, 1.165) is 74.9 Å². The van der Waals surface area contributed by atoms with Gasteiger partial charge in [0.2, 0.25) is 5.91 Å². The number of aliphatic hydroxyl groups excluding tert-OH is 1. The maximum atomic E-state index is 14.3. The lowest BCUT2D eigenvalue weighted by Gasteiger charge is -2.34. The quantitative estimate of drug-likeness (QED) is 0.407. The number of hydrogen-bond donors (Lipinski definition) is 1. The minimum Gasteiger partial charge on any atom is -0.396 e. The van der Waals surface area contributed by atoms with Gasteiger partial charge in [0.25, 0.3) is 5.91 Å². The Bertz CT molecular complexity index is 1430. The molecule has 9 heteroatoms. The Morgan fingerprint density at radius 1 is 1.12 bits per heavy atom. The van der Waals surface area contributed by atoms with Crippen LogP contribution in [0, 0.1) is 24.6 Å². The average Bonchev–Trinajstić information content (AvgIpc) is 3.56. The van der Waals surface area contributed by atoms with Gasteiger partial charge in [0.15, 0.2) is 0 Å². The summed E-state index contributed by atoms with van der Waals surface area (Å²) in [6.07, 6.45) is 10.2. The van der Waals surface area contributed by atoms with Gasteiger partial charge in [-0.05, 0) is 94.2 Å². The number of rotatable bonds is 9. The number of benzene rings is 1. The first-order valence-electron chi connectivity index (χ1n) is 15.3. The van der Waals surface area contributed by atoms with E-state index in [4.69, 9.17) is 5.11 Å². The van der Waals surface area contributed by atoms with E-state index < -0.39 is 5.82 Å². The Labute approximate surface area is 248 Å². The fourth-order valence-corrected chi connectivity index (χ4v) is 6.67. The van der Waals surface area contributed by atoms with E-state index in [1.165, 1.54) is 17.7 Å². The molecule has 0 saturated carbocycles. The van der Waals surface area contributed by atoms with Crippen LogP contribution in [-0.2, 0) is 11.2 Å². The first-order chi connectivity index (χ1) is 20.2. The van der Waals surface area contributed by atoms with E-state index in [2.05, 4.69) is 16.8 Å². The minimum atomic E-state index is -0.433. The molecule has 4 heterocycles. The lowest BCUT2D eigenvalue weighted by Crippen LogP contribution is -2.41. The Morgan fingerprint density at radius 3 is 2.57 bits per heavy atom. The second-order valence-electron chi connectivity index (χ2n) is 12.5. The lowest BCUT2D eigenvalue weighted by atomic mass is 9.95. The molecule has 8 nitrogen and oxygen atoms in total. The van der Waals surface area contributed by atoms with Crippen LogP contribution < -0.4 is 0 Å². The number of fused-ring (bicyclic) bond motifs is 1. The van der Waals surface area contributed by atoms with Crippen molar-refractivity contribution in [3.63, 3.8) is 0 Å². The van der Waals surface area contributed by atoms with Crippen molar-refractivity contribution in [2.45, 2.75) is 58.9 Å². The Hall–Kier alpha value is -3.30. The van der Waals surface area contributed by atoms with Crippen molar-refractivity contribution in [3.05, 3.63) is 59.3 Å². The van der Waals surface area contributed by atoms with E-state index in [1.807, 2.05) is 41.9 Å². The molecular formula is C33H44FN5O3. The number of aromatic nitrogens is 2. The number of pyridine rings is 1. The number of amides is 2. The monoisotopic (exact) mass is 577 g/mol. The van der Waals surface area contributed by atoms with Gasteiger partial charge in [0, 0.05) is 63.5 Å². The maximum absolute atomic E-state index is 14.3. The average molecular weight is 578 g/mol. The van der Waals surface area contributed by atoms with Crippen molar-refractivity contribution in [1.29, 1.82) is 0 Å². The van der Waals surface area contributed by atoms with Crippen molar-refractivity contribution < 1.29 is 19.1 Å². The van der Waals surface area contributed by atoms with Crippen LogP contribution in [-0.4, -0.2) is 93.6 Å². The molecule has 42 heavy (non-hydrogen) atoms. The Morgan fingerprint density at radius 2 is 1.86 bits per heavy atom. The van der Waals surface area contributed by atoms with Crippen molar-refractivity contribution in [2.24, 2.45) is 11.8 Å². The van der Waals surface area contributed by atoms with E-state index >= 15 is 0 Å². The van der Waals surface area contributed by atoms with Gasteiger partial charge in [-0.2, -0.15) is 0 Å². The molecule has 1 atom stereocenters. The van der Waals surface area contributed by atoms with Crippen molar-refractivity contribution in [3.8, 4) is 5.69 Å². The molecule has 1 N–H and O–H groups in total. The van der Waals surface area contributed by atoms with Crippen LogP contribution in [0.2, 0.25) is 0 Å². The Balaban J connectivity index is 1.29. The molecule has 0 radical (unpaired) electrons. The van der Waals surface area contributed by atoms with Gasteiger partial charge in [-0.1, -0.05) is 0 Å². The number of carbonyl (C=O) groups excluding carboxylic acids is 2. The fraction of sp³-hybridized carbons (Fsp3) is 0.545. The second-order valence-corrected chi connectivity index (χ2v) is 12.5. The zero-order valence-electron chi connectivity index (χ0n) is 25.4. The van der Waals surface area contributed by atoms with Crippen LogP contribution in [0.1, 0.15) is 61.0 Å². The van der Waals surface area contributed by atoms with Crippen LogP contribution >= 0.6 is 0 Å². The van der Waals surface area contributed by atoms with E-state index in [0.29, 0.717) is 23.1 Å². The number of aryl methyl sites for hydroxylation is 1. The topological polar surface area (TPSA) is 81.9 Å². The number of halogens is 1. The van der Waals surface area contributed by atoms with Crippen molar-refractivity contribution in [1.82, 2.24) is 24.3 Å². The number of hydrogen-bond acceptors (Lipinski definition) is 5. The molecule has 226 valence electrons. The standard InChI is InChI=1S/C33H44FN5O3/c1-22(2)36(4)33(42)28-16-27(34)5-6-29(28)39-19-23(3)32-26(17-35-18-30(32)39)15-25-7-11-37(21-25)20-24-8-12-38(13-9-24)31(41)10-14-40/h5-6,16-19,22,24-25,40H,7-15,20-21H2,1-4H3. The molecular weight excluding hydrogens is 533 g/mol. The zero-order chi connectivity index (χ0) is 30.0. The van der Waals surface area contributed by atoms with Crippen LogP contribution in [0.15, 0.2) is 36.8 Å². The molecule has 2 aliphatic heterocycles. The van der Waals surface area contributed by atoms with E-state index in [9.17, 15) is 14.0 Å². The van der Waals surface area contributed by atoms with E-state index in [1.54, 1.807) is 18.0 Å². The van der Waals surface area contributed by atoms with Crippen molar-refractivity contribution >= 4 is 22.7 Å². The summed E-state index contributed by atoms with van der Waals surface area (Å²) >= 11 is 0. The summed E-state index contributed by atoms with van der Waals surface area (Å²) in [6, 6.07) is 4.41. The molecule has 1 aromatic carbocycles. The Kier molecular flexibility index (Phi) is 9.28. The normalized spacial score (nSPS) is 18.4. The highest BCUT2D eigenvalue weighted by molar-refractivity contribution is 5.99. The lowest BCUT2D eigenvalue weighted by molar-refractivity contribution is -0.133. The smallest absolute Gasteiger partial charge is 0.256 e. The summed E-state index contributed by atoms with van der Waals surface area (Å²) in [7, 11) is 1.74. The van der Waals surface area contributed by atoms with E-state index in [-0.39, 0.29) is 30.9 Å². The van der Waals surface area contributed by atoms with Crippen LogP contribution in [0.5, 0.6) is 0 Å². The van der Waals surface area contributed by atoms with Gasteiger partial charge in [-0.25, -0.2) is 4.39 Å². The van der Waals surface area contributed by atoms with Gasteiger partial charge in [0.1, 0.15) is 5.82 Å². The summed E-state index contributed by atoms with van der Waals surface area (Å²) in [4.78, 5) is 36.1. The van der Waals surface area contributed by atoms with Gasteiger partial charge >= 0.3 is 0 Å². The molecule has 0 aliphatic carbocycles. The molecule has 2 saturated heterocycles. The summed E-state index contributed by atoms with van der Waals surface area (Å²) in [5, 5.41) is 10.2. The summed E-state index contributed by atoms with van der Waals surface area (Å²) in [5.41, 5.74) is 4.24. The SMILES string of the molecule is Cc1cn(-c2ccc(F)cc2C(=O)N(C)C(C)C)c2cncc(CC3CCN(CC4CCN(C(=O)CCO)CC4)C3)c12. The summed E-state index contributed by atoms with van der Waals surface area (Å²) < 4.78 is 16.3. The largest absolute Gasteiger partial charge is 0.396 e. The van der Waals surface area contributed by atoms with Gasteiger partial charge in [-0.15, -0.1) is 0 Å². The third-order valence-corrected chi connectivity index (χ3v) is 9.21. The van der Waals surface area contributed by atoms with Gasteiger partial charge in [-0.3, -0.25) is 14.6 Å². The zero-order valence-corrected chi connectivity index (χ0v) is 25.4. The molecule has 0 spiro atoms. The van der Waals surface area contributed by atoms with Crippen LogP contribution in [0.3, 0.4) is 0 Å². The van der Waals surface area contributed by atoms with Crippen molar-refractivity contribution in [2.75, 3.05) is 46.4 Å². The predicted molar refractivity (Wildman–Crippen MR) is 162 cm³/mol. The summed E-state index contributed by atoms with van der Waals surface area (Å²) in [5.74, 6) is 0.559. The highest BCUT2D eigenvalue weighted by atomic mass is 19.1. The third kappa shape index (κ3) is 6.37. The van der Waals surface area contributed by atoms with Crippen LogP contribution in [0.25, 0.3) is 16.6 Å². The third-order valence-electron chi connectivity index (χ3n) is 9.21. The molecule has 1 unspecified atom stereocenters. The van der Waals surface area contributed by atoms with Gasteiger partial charge in [0.05, 0.1) is 29.6 Å². The number of nitrogens with zero attached hydrogens (tertiary/aromatic N) is 5. The highest BCUT2D eigenvalue weighted by Crippen LogP contribution is 2.32. The predicted octanol–water partition coefficient (Wildman–Crippen LogP) is 4.44. The number of likely N-dealkylation sites (tertiary alicyclic amines) is 2. The molecule has 2 aromatic heterocycles. The number of aliphatic hydroxyl groups is 1. The molecule has 2 fully saturated rings. The van der Waals surface area contributed by atoms with Gasteiger partial charge < -0.3 is 24.4 Å². The maximum Gasteiger partial charge on any atom is 0.256 e. The second kappa shape index (κ2) is 12.9.